The molecule has 0 spiro atoms. The number of aryl methyl sites for hydroxylation is 1. The monoisotopic (exact) mass is 268 g/mol. The second-order valence-corrected chi connectivity index (χ2v) is 5.81. The van der Waals surface area contributed by atoms with E-state index in [1.165, 1.54) is 6.33 Å². The Morgan fingerprint density at radius 3 is 2.58 bits per heavy atom. The maximum Gasteiger partial charge on any atom is 0.310 e. The number of carbonyl (C=O) groups is 1. The van der Waals surface area contributed by atoms with Crippen molar-refractivity contribution in [2.45, 2.75) is 59.7 Å². The van der Waals surface area contributed by atoms with E-state index in [0.717, 1.165) is 18.8 Å². The van der Waals surface area contributed by atoms with Crippen LogP contribution < -0.4 is 5.32 Å². The molecule has 108 valence electrons. The molecule has 1 aromatic heterocycles. The maximum atomic E-state index is 11.3. The highest BCUT2D eigenvalue weighted by molar-refractivity contribution is 5.75. The number of nitrogens with zero attached hydrogens (tertiary/aromatic N) is 3. The predicted molar refractivity (Wildman–Crippen MR) is 72.6 cm³/mol. The van der Waals surface area contributed by atoms with Gasteiger partial charge in [0.25, 0.3) is 0 Å². The average Bonchev–Trinajstić information content (AvgIpc) is 2.74. The van der Waals surface area contributed by atoms with E-state index in [1.54, 1.807) is 13.8 Å². The zero-order valence-corrected chi connectivity index (χ0v) is 12.4. The molecule has 0 fully saturated rings. The molecule has 19 heavy (non-hydrogen) atoms. The van der Waals surface area contributed by atoms with E-state index >= 15 is 0 Å². The Hall–Kier alpha value is -1.43. The van der Waals surface area contributed by atoms with Crippen molar-refractivity contribution >= 4 is 5.97 Å². The van der Waals surface area contributed by atoms with E-state index < -0.39 is 16.9 Å². The van der Waals surface area contributed by atoms with Gasteiger partial charge >= 0.3 is 5.97 Å². The van der Waals surface area contributed by atoms with Crippen molar-refractivity contribution < 1.29 is 9.90 Å². The van der Waals surface area contributed by atoms with Crippen molar-refractivity contribution in [2.24, 2.45) is 5.41 Å². The molecule has 2 N–H and O–H groups in total. The molecular weight excluding hydrogens is 244 g/mol. The summed E-state index contributed by atoms with van der Waals surface area (Å²) in [4.78, 5) is 15.5. The summed E-state index contributed by atoms with van der Waals surface area (Å²) in [6.07, 6.45) is 2.52. The largest absolute Gasteiger partial charge is 0.481 e. The minimum Gasteiger partial charge on any atom is -0.481 e. The Bertz CT molecular complexity index is 438. The average molecular weight is 268 g/mol. The lowest BCUT2D eigenvalue weighted by Crippen LogP contribution is -2.54. The van der Waals surface area contributed by atoms with Gasteiger partial charge in [0.15, 0.2) is 0 Å². The van der Waals surface area contributed by atoms with E-state index in [9.17, 15) is 9.90 Å². The number of aromatic nitrogens is 3. The number of hydrogen-bond donors (Lipinski definition) is 2. The van der Waals surface area contributed by atoms with Gasteiger partial charge in [-0.05, 0) is 34.1 Å². The minimum absolute atomic E-state index is 0.504. The molecule has 0 saturated heterocycles. The van der Waals surface area contributed by atoms with Crippen LogP contribution in [0.1, 0.15) is 46.9 Å². The molecule has 0 aromatic carbocycles. The molecule has 1 aromatic rings. The number of carboxylic acids is 1. The van der Waals surface area contributed by atoms with Gasteiger partial charge in [0.2, 0.25) is 0 Å². The Kier molecular flexibility index (Phi) is 4.68. The Labute approximate surface area is 114 Å². The van der Waals surface area contributed by atoms with Crippen LogP contribution in [-0.4, -0.2) is 31.4 Å². The zero-order valence-electron chi connectivity index (χ0n) is 12.4. The van der Waals surface area contributed by atoms with Crippen LogP contribution >= 0.6 is 0 Å². The van der Waals surface area contributed by atoms with Gasteiger partial charge in [-0.25, -0.2) is 9.67 Å². The first-order chi connectivity index (χ1) is 8.72. The van der Waals surface area contributed by atoms with Crippen LogP contribution in [0, 0.1) is 5.41 Å². The molecule has 6 heteroatoms. The molecule has 0 radical (unpaired) electrons. The quantitative estimate of drug-likeness (QED) is 0.786. The molecule has 1 heterocycles. The van der Waals surface area contributed by atoms with E-state index in [-0.39, 0.29) is 0 Å². The third-order valence-electron chi connectivity index (χ3n) is 3.92. The number of rotatable bonds is 7. The highest BCUT2D eigenvalue weighted by Crippen LogP contribution is 2.30. The van der Waals surface area contributed by atoms with Gasteiger partial charge in [0, 0.05) is 12.1 Å². The van der Waals surface area contributed by atoms with Gasteiger partial charge < -0.3 is 10.4 Å². The summed E-state index contributed by atoms with van der Waals surface area (Å²) < 4.78 is 1.84. The number of carboxylic acid groups (broad SMARTS) is 1. The summed E-state index contributed by atoms with van der Waals surface area (Å²) in [5, 5.41) is 16.7. The van der Waals surface area contributed by atoms with Crippen molar-refractivity contribution in [1.29, 1.82) is 0 Å². The van der Waals surface area contributed by atoms with Crippen LogP contribution in [0.15, 0.2) is 6.33 Å². The summed E-state index contributed by atoms with van der Waals surface area (Å²) in [5.41, 5.74) is -1.43. The van der Waals surface area contributed by atoms with Crippen molar-refractivity contribution in [3.63, 3.8) is 0 Å². The fourth-order valence-corrected chi connectivity index (χ4v) is 1.61. The SMILES string of the molecule is CCCn1ncnc1CNC(C)(C)C(C)(C)C(=O)O. The zero-order chi connectivity index (χ0) is 14.7. The molecule has 6 nitrogen and oxygen atoms in total. The van der Waals surface area contributed by atoms with Crippen molar-refractivity contribution in [2.75, 3.05) is 0 Å². The van der Waals surface area contributed by atoms with Crippen LogP contribution in [0.5, 0.6) is 0 Å². The van der Waals surface area contributed by atoms with Crippen LogP contribution in [0.3, 0.4) is 0 Å². The smallest absolute Gasteiger partial charge is 0.310 e. The van der Waals surface area contributed by atoms with E-state index in [2.05, 4.69) is 22.3 Å². The highest BCUT2D eigenvalue weighted by Gasteiger charge is 2.43. The van der Waals surface area contributed by atoms with Gasteiger partial charge in [0.1, 0.15) is 12.2 Å². The van der Waals surface area contributed by atoms with Crippen LogP contribution in [-0.2, 0) is 17.9 Å². The highest BCUT2D eigenvalue weighted by atomic mass is 16.4. The predicted octanol–water partition coefficient (Wildman–Crippen LogP) is 1.67. The summed E-state index contributed by atoms with van der Waals surface area (Å²) in [5.74, 6) is 0.0103. The van der Waals surface area contributed by atoms with Gasteiger partial charge in [-0.3, -0.25) is 4.79 Å². The van der Waals surface area contributed by atoms with Gasteiger partial charge in [-0.15, -0.1) is 0 Å². The number of nitrogens with one attached hydrogen (secondary N) is 1. The van der Waals surface area contributed by atoms with Crippen molar-refractivity contribution in [3.05, 3.63) is 12.2 Å². The van der Waals surface area contributed by atoms with E-state index in [4.69, 9.17) is 0 Å². The Balaban J connectivity index is 2.75. The maximum absolute atomic E-state index is 11.3. The third kappa shape index (κ3) is 3.32. The van der Waals surface area contributed by atoms with Crippen LogP contribution in [0.4, 0.5) is 0 Å². The summed E-state index contributed by atoms with van der Waals surface area (Å²) in [6, 6.07) is 0. The summed E-state index contributed by atoms with van der Waals surface area (Å²) >= 11 is 0. The number of hydrogen-bond acceptors (Lipinski definition) is 4. The molecule has 0 atom stereocenters. The van der Waals surface area contributed by atoms with Crippen LogP contribution in [0.2, 0.25) is 0 Å². The fourth-order valence-electron chi connectivity index (χ4n) is 1.61. The Morgan fingerprint density at radius 2 is 2.05 bits per heavy atom. The lowest BCUT2D eigenvalue weighted by molar-refractivity contribution is -0.151. The van der Waals surface area contributed by atoms with Crippen molar-refractivity contribution in [1.82, 2.24) is 20.1 Å². The minimum atomic E-state index is -0.872. The molecule has 0 amide bonds. The summed E-state index contributed by atoms with van der Waals surface area (Å²) in [6.45, 7) is 10.6. The van der Waals surface area contributed by atoms with Gasteiger partial charge in [0.05, 0.1) is 12.0 Å². The Morgan fingerprint density at radius 1 is 1.42 bits per heavy atom. The van der Waals surface area contributed by atoms with Crippen molar-refractivity contribution in [3.8, 4) is 0 Å². The molecule has 1 rings (SSSR count). The second kappa shape index (κ2) is 5.69. The normalized spacial score (nSPS) is 12.7. The first kappa shape index (κ1) is 15.6. The third-order valence-corrected chi connectivity index (χ3v) is 3.92. The van der Waals surface area contributed by atoms with Gasteiger partial charge in [-0.1, -0.05) is 6.92 Å². The second-order valence-electron chi connectivity index (χ2n) is 5.81. The first-order valence-electron chi connectivity index (χ1n) is 6.57. The molecule has 0 unspecified atom stereocenters. The standard InChI is InChI=1S/C13H24N4O2/c1-6-7-17-10(14-9-16-17)8-15-13(4,5)12(2,3)11(18)19/h9,15H,6-8H2,1-5H3,(H,18,19). The van der Waals surface area contributed by atoms with Gasteiger partial charge in [-0.2, -0.15) is 5.10 Å². The lowest BCUT2D eigenvalue weighted by Gasteiger charge is -2.39. The first-order valence-corrected chi connectivity index (χ1v) is 6.57. The number of aliphatic carboxylic acids is 1. The summed E-state index contributed by atoms with van der Waals surface area (Å²) in [7, 11) is 0. The van der Waals surface area contributed by atoms with E-state index in [0.29, 0.717) is 6.54 Å². The van der Waals surface area contributed by atoms with Crippen LogP contribution in [0.25, 0.3) is 0 Å². The molecule has 0 aliphatic rings. The van der Waals surface area contributed by atoms with E-state index in [1.807, 2.05) is 18.5 Å². The molecule has 0 bridgehead atoms. The molecule has 0 saturated carbocycles. The molecule has 0 aliphatic carbocycles. The molecular formula is C13H24N4O2. The topological polar surface area (TPSA) is 80.0 Å². The fraction of sp³-hybridized carbons (Fsp3) is 0.769. The lowest BCUT2D eigenvalue weighted by atomic mass is 9.74. The molecule has 0 aliphatic heterocycles.